The Hall–Kier alpha value is -0.981. The van der Waals surface area contributed by atoms with E-state index in [1.165, 1.54) is 0 Å². The van der Waals surface area contributed by atoms with E-state index in [0.717, 1.165) is 11.3 Å². The van der Waals surface area contributed by atoms with Gasteiger partial charge in [0.25, 0.3) is 0 Å². The van der Waals surface area contributed by atoms with Crippen molar-refractivity contribution in [3.05, 3.63) is 61.1 Å². The first kappa shape index (κ1) is 11.1. The van der Waals surface area contributed by atoms with Crippen LogP contribution in [-0.4, -0.2) is 4.98 Å². The minimum atomic E-state index is 0. The van der Waals surface area contributed by atoms with Gasteiger partial charge in [-0.2, -0.15) is 0 Å². The summed E-state index contributed by atoms with van der Waals surface area (Å²) in [6.45, 7) is 5.57. The molecule has 0 spiro atoms. The van der Waals surface area contributed by atoms with E-state index in [2.05, 4.69) is 11.1 Å². The molecule has 1 aromatic heterocycles. The largest absolute Gasteiger partial charge is 0.301 e. The zero-order valence-electron chi connectivity index (χ0n) is 7.40. The molecule has 2 aromatic rings. The second-order valence-corrected chi connectivity index (χ2v) is 2.72. The summed E-state index contributed by atoms with van der Waals surface area (Å²) in [6, 6.07) is 16.4. The topological polar surface area (TPSA) is 12.9 Å². The maximum atomic E-state index is 5.57. The van der Waals surface area contributed by atoms with Crippen LogP contribution in [0.25, 0.3) is 11.3 Å². The molecule has 14 heavy (non-hydrogen) atoms. The average molecular weight is 358 g/mol. The van der Waals surface area contributed by atoms with Crippen molar-refractivity contribution in [2.45, 2.75) is 0 Å². The number of hydrogen-bond acceptors (Lipinski definition) is 1. The minimum Gasteiger partial charge on any atom is -0.301 e. The molecule has 0 aliphatic rings. The van der Waals surface area contributed by atoms with Gasteiger partial charge in [0.15, 0.2) is 0 Å². The molecule has 71 valence electrons. The van der Waals surface area contributed by atoms with E-state index < -0.39 is 0 Å². The summed E-state index contributed by atoms with van der Waals surface area (Å²) in [4.78, 5) is 4.19. The third-order valence-electron chi connectivity index (χ3n) is 1.76. The molecule has 1 heterocycles. The van der Waals surface area contributed by atoms with Crippen molar-refractivity contribution in [1.82, 2.24) is 4.98 Å². The number of benzene rings is 1. The molecule has 0 aliphatic heterocycles. The van der Waals surface area contributed by atoms with Gasteiger partial charge in [0.1, 0.15) is 0 Å². The van der Waals surface area contributed by atoms with Gasteiger partial charge in [-0.05, 0) is 11.8 Å². The molecule has 3 radical (unpaired) electrons. The molecule has 0 saturated heterocycles. The summed E-state index contributed by atoms with van der Waals surface area (Å²) in [6.07, 6.45) is 0. The maximum absolute atomic E-state index is 5.57. The first-order valence-corrected chi connectivity index (χ1v) is 4.06. The smallest absolute Gasteiger partial charge is 0.0341 e. The summed E-state index contributed by atoms with van der Waals surface area (Å²) in [5.41, 5.74) is 2.37. The molecular weight excluding hydrogens is 350 g/mol. The quantitative estimate of drug-likeness (QED) is 0.714. The minimum absolute atomic E-state index is 0. The summed E-state index contributed by atoms with van der Waals surface area (Å²) in [5, 5.41) is 0. The van der Waals surface area contributed by atoms with E-state index in [1.54, 1.807) is 6.07 Å². The zero-order chi connectivity index (χ0) is 9.10. The molecule has 0 bridgehead atoms. The van der Waals surface area contributed by atoms with Crippen LogP contribution in [-0.2, 0) is 20.1 Å². The molecule has 0 N–H and O–H groups in total. The summed E-state index contributed by atoms with van der Waals surface area (Å²) in [7, 11) is 0. The van der Waals surface area contributed by atoms with Crippen molar-refractivity contribution in [2.24, 2.45) is 0 Å². The standard InChI is InChI=1S/C12H8N.Ir/c1-10-6-5-9-12(13-10)11-7-3-2-4-8-11;/h1-7,9H;/q-1;. The third-order valence-corrected chi connectivity index (χ3v) is 1.76. The van der Waals surface area contributed by atoms with Crippen molar-refractivity contribution >= 4 is 0 Å². The van der Waals surface area contributed by atoms with Crippen molar-refractivity contribution in [2.75, 3.05) is 0 Å². The molecular formula is C12H8IrN-. The Kier molecular flexibility index (Phi) is 3.99. The van der Waals surface area contributed by atoms with Gasteiger partial charge in [0.2, 0.25) is 0 Å². The monoisotopic (exact) mass is 359 g/mol. The van der Waals surface area contributed by atoms with Crippen LogP contribution < -0.4 is 0 Å². The molecule has 0 amide bonds. The van der Waals surface area contributed by atoms with Crippen LogP contribution >= 0.6 is 0 Å². The van der Waals surface area contributed by atoms with Crippen LogP contribution in [0.5, 0.6) is 0 Å². The van der Waals surface area contributed by atoms with Crippen LogP contribution in [0.4, 0.5) is 0 Å². The molecule has 2 heteroatoms. The fourth-order valence-corrected chi connectivity index (χ4v) is 1.15. The first-order chi connectivity index (χ1) is 6.36. The second kappa shape index (κ2) is 5.04. The van der Waals surface area contributed by atoms with Crippen LogP contribution in [0.15, 0.2) is 42.5 Å². The van der Waals surface area contributed by atoms with Gasteiger partial charge in [0, 0.05) is 32.7 Å². The number of aromatic nitrogens is 1. The molecule has 0 fully saturated rings. The van der Waals surface area contributed by atoms with E-state index in [1.807, 2.05) is 36.4 Å². The predicted molar refractivity (Wildman–Crippen MR) is 51.9 cm³/mol. The van der Waals surface area contributed by atoms with Gasteiger partial charge in [-0.1, -0.05) is 12.1 Å². The van der Waals surface area contributed by atoms with Crippen LogP contribution in [0.1, 0.15) is 5.69 Å². The third kappa shape index (κ3) is 2.50. The van der Waals surface area contributed by atoms with E-state index in [4.69, 9.17) is 6.92 Å². The first-order valence-electron chi connectivity index (χ1n) is 4.06. The Morgan fingerprint density at radius 2 is 1.93 bits per heavy atom. The number of pyridine rings is 1. The maximum Gasteiger partial charge on any atom is 0.0341 e. The SMILES string of the molecule is [CH]c1cccc(-c2[c-]cccc2)n1.[Ir]. The van der Waals surface area contributed by atoms with Gasteiger partial charge >= 0.3 is 0 Å². The van der Waals surface area contributed by atoms with Crippen LogP contribution in [0.3, 0.4) is 0 Å². The van der Waals surface area contributed by atoms with Crippen molar-refractivity contribution in [1.29, 1.82) is 0 Å². The molecule has 1 nitrogen and oxygen atoms in total. The summed E-state index contributed by atoms with van der Waals surface area (Å²) < 4.78 is 0. The Morgan fingerprint density at radius 1 is 1.07 bits per heavy atom. The molecule has 0 unspecified atom stereocenters. The Morgan fingerprint density at radius 3 is 2.57 bits per heavy atom. The van der Waals surface area contributed by atoms with Gasteiger partial charge < -0.3 is 4.98 Å². The zero-order valence-corrected chi connectivity index (χ0v) is 9.79. The second-order valence-electron chi connectivity index (χ2n) is 2.72. The molecule has 0 atom stereocenters. The number of rotatable bonds is 1. The average Bonchev–Trinajstić information content (AvgIpc) is 2.19. The van der Waals surface area contributed by atoms with Gasteiger partial charge in [-0.15, -0.1) is 35.9 Å². The Balaban J connectivity index is 0.000000980. The predicted octanol–water partition coefficient (Wildman–Crippen LogP) is 2.61. The summed E-state index contributed by atoms with van der Waals surface area (Å²) >= 11 is 0. The number of hydrogen-bond donors (Lipinski definition) is 0. The van der Waals surface area contributed by atoms with Gasteiger partial charge in [-0.25, -0.2) is 0 Å². The normalized spacial score (nSPS) is 9.21. The fraction of sp³-hybridized carbons (Fsp3) is 0. The van der Waals surface area contributed by atoms with Crippen LogP contribution in [0.2, 0.25) is 0 Å². The molecule has 0 saturated carbocycles. The fourth-order valence-electron chi connectivity index (χ4n) is 1.15. The molecule has 1 aromatic carbocycles. The van der Waals surface area contributed by atoms with E-state index in [-0.39, 0.29) is 20.1 Å². The van der Waals surface area contributed by atoms with Crippen molar-refractivity contribution in [3.8, 4) is 11.3 Å². The summed E-state index contributed by atoms with van der Waals surface area (Å²) in [5.74, 6) is 0. The van der Waals surface area contributed by atoms with Crippen molar-refractivity contribution < 1.29 is 20.1 Å². The van der Waals surface area contributed by atoms with E-state index in [9.17, 15) is 0 Å². The van der Waals surface area contributed by atoms with Gasteiger partial charge in [0.05, 0.1) is 0 Å². The molecule has 0 aliphatic carbocycles. The Labute approximate surface area is 97.6 Å². The number of nitrogens with zero attached hydrogens (tertiary/aromatic N) is 1. The molecule has 2 rings (SSSR count). The van der Waals surface area contributed by atoms with E-state index >= 15 is 0 Å². The van der Waals surface area contributed by atoms with Crippen molar-refractivity contribution in [3.63, 3.8) is 0 Å². The van der Waals surface area contributed by atoms with E-state index in [0.29, 0.717) is 5.69 Å². The van der Waals surface area contributed by atoms with Crippen LogP contribution in [0, 0.1) is 13.0 Å². The Bertz CT molecular complexity index is 398. The van der Waals surface area contributed by atoms with Gasteiger partial charge in [-0.3, -0.25) is 0 Å².